The van der Waals surface area contributed by atoms with Crippen LogP contribution in [0.1, 0.15) is 19.3 Å². The van der Waals surface area contributed by atoms with Crippen molar-refractivity contribution in [1.82, 2.24) is 9.55 Å². The van der Waals surface area contributed by atoms with Crippen molar-refractivity contribution in [3.63, 3.8) is 0 Å². The maximum Gasteiger partial charge on any atom is 0.200 e. The Balaban J connectivity index is 1.82. The van der Waals surface area contributed by atoms with Crippen molar-refractivity contribution in [1.29, 1.82) is 0 Å². The van der Waals surface area contributed by atoms with Crippen LogP contribution in [-0.4, -0.2) is 22.3 Å². The third-order valence-electron chi connectivity index (χ3n) is 2.46. The molecule has 1 aliphatic rings. The minimum atomic E-state index is 0.432. The second-order valence-corrected chi connectivity index (χ2v) is 3.40. The van der Waals surface area contributed by atoms with Crippen LogP contribution in [0.25, 0.3) is 0 Å². The fourth-order valence-electron chi connectivity index (χ4n) is 1.68. The number of aryl methyl sites for hydroxylation is 1. The quantitative estimate of drug-likeness (QED) is 0.757. The summed E-state index contributed by atoms with van der Waals surface area (Å²) in [6, 6.07) is 0. The number of hydrogen-bond acceptors (Lipinski definition) is 3. The van der Waals surface area contributed by atoms with Crippen molar-refractivity contribution < 1.29 is 4.74 Å². The van der Waals surface area contributed by atoms with Crippen LogP contribution in [0.3, 0.4) is 0 Å². The van der Waals surface area contributed by atoms with Crippen LogP contribution >= 0.6 is 0 Å². The molecule has 0 aliphatic carbocycles. The van der Waals surface area contributed by atoms with Crippen LogP contribution in [0.5, 0.6) is 0 Å². The van der Waals surface area contributed by atoms with Crippen molar-refractivity contribution in [2.24, 2.45) is 0 Å². The smallest absolute Gasteiger partial charge is 0.200 e. The van der Waals surface area contributed by atoms with Crippen molar-refractivity contribution >= 4 is 5.95 Å². The largest absolute Gasteiger partial charge is 0.378 e. The molecule has 1 fully saturated rings. The van der Waals surface area contributed by atoms with E-state index in [1.165, 1.54) is 12.8 Å². The highest BCUT2D eigenvalue weighted by Gasteiger charge is 2.15. The van der Waals surface area contributed by atoms with Crippen LogP contribution < -0.4 is 5.73 Å². The number of rotatable bonds is 3. The molecule has 13 heavy (non-hydrogen) atoms. The highest BCUT2D eigenvalue weighted by Crippen LogP contribution is 2.16. The van der Waals surface area contributed by atoms with Crippen molar-refractivity contribution in [2.45, 2.75) is 31.9 Å². The summed E-state index contributed by atoms with van der Waals surface area (Å²) in [4.78, 5) is 3.96. The van der Waals surface area contributed by atoms with Gasteiger partial charge >= 0.3 is 0 Å². The van der Waals surface area contributed by atoms with Gasteiger partial charge in [-0.05, 0) is 19.3 Å². The van der Waals surface area contributed by atoms with E-state index in [-0.39, 0.29) is 0 Å². The molecule has 0 bridgehead atoms. The predicted molar refractivity (Wildman–Crippen MR) is 50.2 cm³/mol. The average Bonchev–Trinajstić information content (AvgIpc) is 2.72. The summed E-state index contributed by atoms with van der Waals surface area (Å²) < 4.78 is 7.48. The van der Waals surface area contributed by atoms with Gasteiger partial charge in [0.05, 0.1) is 6.10 Å². The summed E-state index contributed by atoms with van der Waals surface area (Å²) in [7, 11) is 0. The SMILES string of the molecule is Nc1nccn1CCC1CCCO1. The zero-order chi connectivity index (χ0) is 9.10. The molecule has 72 valence electrons. The zero-order valence-electron chi connectivity index (χ0n) is 7.65. The number of hydrogen-bond donors (Lipinski definition) is 1. The van der Waals surface area contributed by atoms with Crippen LogP contribution in [0, 0.1) is 0 Å². The van der Waals surface area contributed by atoms with Crippen LogP contribution in [-0.2, 0) is 11.3 Å². The molecular formula is C9H15N3O. The Morgan fingerprint density at radius 3 is 3.23 bits per heavy atom. The van der Waals surface area contributed by atoms with Gasteiger partial charge in [0, 0.05) is 25.5 Å². The summed E-state index contributed by atoms with van der Waals surface area (Å²) in [5.41, 5.74) is 5.64. The molecule has 2 N–H and O–H groups in total. The molecule has 1 aliphatic heterocycles. The number of nitrogen functional groups attached to an aromatic ring is 1. The first-order chi connectivity index (χ1) is 6.36. The van der Waals surface area contributed by atoms with Crippen molar-refractivity contribution in [3.05, 3.63) is 12.4 Å². The third-order valence-corrected chi connectivity index (χ3v) is 2.46. The van der Waals surface area contributed by atoms with Crippen molar-refractivity contribution in [3.8, 4) is 0 Å². The number of anilines is 1. The van der Waals surface area contributed by atoms with Gasteiger partial charge in [-0.2, -0.15) is 0 Å². The molecule has 1 saturated heterocycles. The number of ether oxygens (including phenoxy) is 1. The van der Waals surface area contributed by atoms with Crippen LogP contribution in [0.15, 0.2) is 12.4 Å². The second-order valence-electron chi connectivity index (χ2n) is 3.40. The van der Waals surface area contributed by atoms with E-state index in [1.54, 1.807) is 6.20 Å². The first-order valence-corrected chi connectivity index (χ1v) is 4.74. The summed E-state index contributed by atoms with van der Waals surface area (Å²) in [5.74, 6) is 0.595. The molecule has 1 aromatic heterocycles. The van der Waals surface area contributed by atoms with Gasteiger partial charge in [0.25, 0.3) is 0 Å². The summed E-state index contributed by atoms with van der Waals surface area (Å²) in [6.45, 7) is 1.83. The molecular weight excluding hydrogens is 166 g/mol. The molecule has 2 heterocycles. The summed E-state index contributed by atoms with van der Waals surface area (Å²) >= 11 is 0. The van der Waals surface area contributed by atoms with Gasteiger partial charge in [-0.3, -0.25) is 0 Å². The Morgan fingerprint density at radius 1 is 1.69 bits per heavy atom. The van der Waals surface area contributed by atoms with Crippen LogP contribution in [0.4, 0.5) is 5.95 Å². The molecule has 1 aromatic rings. The molecule has 0 amide bonds. The molecule has 2 rings (SSSR count). The number of imidazole rings is 1. The maximum atomic E-state index is 5.64. The maximum absolute atomic E-state index is 5.64. The fourth-order valence-corrected chi connectivity index (χ4v) is 1.68. The summed E-state index contributed by atoms with van der Waals surface area (Å²) in [6.07, 6.45) is 7.50. The Labute approximate surface area is 77.7 Å². The van der Waals surface area contributed by atoms with Gasteiger partial charge < -0.3 is 15.0 Å². The standard InChI is InChI=1S/C9H15N3O/c10-9-11-4-6-12(9)5-3-8-2-1-7-13-8/h4,6,8H,1-3,5,7H2,(H2,10,11). The molecule has 1 unspecified atom stereocenters. The lowest BCUT2D eigenvalue weighted by Crippen LogP contribution is -2.11. The molecule has 0 saturated carbocycles. The molecule has 0 radical (unpaired) electrons. The lowest BCUT2D eigenvalue weighted by molar-refractivity contribution is 0.100. The lowest BCUT2D eigenvalue weighted by Gasteiger charge is -2.09. The Kier molecular flexibility index (Phi) is 2.49. The van der Waals surface area contributed by atoms with Gasteiger partial charge in [-0.25, -0.2) is 4.98 Å². The van der Waals surface area contributed by atoms with Gasteiger partial charge in [0.15, 0.2) is 5.95 Å². The normalized spacial score (nSPS) is 22.3. The lowest BCUT2D eigenvalue weighted by atomic mass is 10.2. The monoisotopic (exact) mass is 181 g/mol. The Hall–Kier alpha value is -1.03. The van der Waals surface area contributed by atoms with E-state index in [0.717, 1.165) is 19.6 Å². The third kappa shape index (κ3) is 2.01. The first kappa shape index (κ1) is 8.56. The van der Waals surface area contributed by atoms with E-state index in [0.29, 0.717) is 12.1 Å². The van der Waals surface area contributed by atoms with Gasteiger partial charge in [-0.15, -0.1) is 0 Å². The highest BCUT2D eigenvalue weighted by atomic mass is 16.5. The number of nitrogens with two attached hydrogens (primary N) is 1. The van der Waals surface area contributed by atoms with Crippen molar-refractivity contribution in [2.75, 3.05) is 12.3 Å². The summed E-state index contributed by atoms with van der Waals surface area (Å²) in [5, 5.41) is 0. The van der Waals surface area contributed by atoms with Gasteiger partial charge in [0.1, 0.15) is 0 Å². The topological polar surface area (TPSA) is 53.1 Å². The number of nitrogens with zero attached hydrogens (tertiary/aromatic N) is 2. The Bertz CT molecular complexity index is 266. The molecule has 4 heteroatoms. The predicted octanol–water partition coefficient (Wildman–Crippen LogP) is 1.03. The Morgan fingerprint density at radius 2 is 2.62 bits per heavy atom. The average molecular weight is 181 g/mol. The highest BCUT2D eigenvalue weighted by molar-refractivity contribution is 5.16. The molecule has 0 spiro atoms. The molecule has 1 atom stereocenters. The van der Waals surface area contributed by atoms with E-state index in [1.807, 2.05) is 10.8 Å². The number of aromatic nitrogens is 2. The first-order valence-electron chi connectivity index (χ1n) is 4.74. The van der Waals surface area contributed by atoms with E-state index < -0.39 is 0 Å². The minimum absolute atomic E-state index is 0.432. The zero-order valence-corrected chi connectivity index (χ0v) is 7.65. The van der Waals surface area contributed by atoms with Gasteiger partial charge in [0.2, 0.25) is 0 Å². The fraction of sp³-hybridized carbons (Fsp3) is 0.667. The molecule has 0 aromatic carbocycles. The van der Waals surface area contributed by atoms with E-state index >= 15 is 0 Å². The van der Waals surface area contributed by atoms with E-state index in [2.05, 4.69) is 4.98 Å². The van der Waals surface area contributed by atoms with E-state index in [4.69, 9.17) is 10.5 Å². The van der Waals surface area contributed by atoms with E-state index in [9.17, 15) is 0 Å². The minimum Gasteiger partial charge on any atom is -0.378 e. The second kappa shape index (κ2) is 3.79. The molecule has 4 nitrogen and oxygen atoms in total. The van der Waals surface area contributed by atoms with Gasteiger partial charge in [-0.1, -0.05) is 0 Å². The van der Waals surface area contributed by atoms with Crippen LogP contribution in [0.2, 0.25) is 0 Å².